The molecule has 0 spiro atoms. The Bertz CT molecular complexity index is 275. The lowest BCUT2D eigenvalue weighted by atomic mass is 10.1. The number of hydrogen-bond acceptors (Lipinski definition) is 4. The molecule has 0 radical (unpaired) electrons. The molecular formula is C5H9NO3S. The van der Waals surface area contributed by atoms with Gasteiger partial charge in [-0.25, -0.2) is 0 Å². The minimum atomic E-state index is -3.49. The first-order chi connectivity index (χ1) is 4.33. The molecule has 1 heterocycles. The molecular weight excluding hydrogens is 154 g/mol. The normalized spacial score (nSPS) is 28.0. The smallest absolute Gasteiger partial charge is 0.292 e. The van der Waals surface area contributed by atoms with E-state index in [1.54, 1.807) is 13.8 Å². The third-order valence-electron chi connectivity index (χ3n) is 1.29. The molecule has 0 fully saturated rings. The van der Waals surface area contributed by atoms with Crippen molar-refractivity contribution >= 4 is 10.1 Å². The van der Waals surface area contributed by atoms with Gasteiger partial charge < -0.3 is 5.73 Å². The second-order valence-electron chi connectivity index (χ2n) is 2.66. The predicted octanol–water partition coefficient (Wildman–Crippen LogP) is -0.0749. The van der Waals surface area contributed by atoms with Crippen LogP contribution in [0.1, 0.15) is 13.8 Å². The van der Waals surface area contributed by atoms with Crippen LogP contribution in [-0.4, -0.2) is 14.0 Å². The molecule has 1 rings (SSSR count). The van der Waals surface area contributed by atoms with Gasteiger partial charge in [0.25, 0.3) is 10.1 Å². The molecule has 0 atom stereocenters. The van der Waals surface area contributed by atoms with Crippen LogP contribution in [0.4, 0.5) is 0 Å². The zero-order chi connectivity index (χ0) is 7.99. The maximum Gasteiger partial charge on any atom is 0.292 e. The summed E-state index contributed by atoms with van der Waals surface area (Å²) in [6, 6.07) is 0. The Labute approximate surface area is 59.8 Å². The minimum absolute atomic E-state index is 0.243. The van der Waals surface area contributed by atoms with E-state index in [4.69, 9.17) is 5.73 Å². The van der Waals surface area contributed by atoms with Crippen LogP contribution < -0.4 is 5.73 Å². The van der Waals surface area contributed by atoms with Crippen molar-refractivity contribution in [2.24, 2.45) is 5.73 Å². The molecule has 0 saturated carbocycles. The Hall–Kier alpha value is -0.550. The van der Waals surface area contributed by atoms with E-state index in [-0.39, 0.29) is 5.70 Å². The molecule has 0 aliphatic carbocycles. The van der Waals surface area contributed by atoms with Gasteiger partial charge in [-0.3, -0.25) is 4.18 Å². The summed E-state index contributed by atoms with van der Waals surface area (Å²) >= 11 is 0. The van der Waals surface area contributed by atoms with E-state index in [0.717, 1.165) is 5.41 Å². The molecule has 0 aromatic rings. The molecule has 1 aliphatic rings. The summed E-state index contributed by atoms with van der Waals surface area (Å²) in [5, 5.41) is 0.938. The third kappa shape index (κ3) is 1.15. The van der Waals surface area contributed by atoms with Gasteiger partial charge in [0, 0.05) is 0 Å². The van der Waals surface area contributed by atoms with E-state index in [1.807, 2.05) is 0 Å². The fourth-order valence-electron chi connectivity index (χ4n) is 0.660. The highest BCUT2D eigenvalue weighted by Gasteiger charge is 2.35. The van der Waals surface area contributed by atoms with Gasteiger partial charge in [-0.05, 0) is 13.8 Å². The molecule has 0 bridgehead atoms. The first-order valence-electron chi connectivity index (χ1n) is 2.77. The van der Waals surface area contributed by atoms with Crippen molar-refractivity contribution in [1.29, 1.82) is 0 Å². The number of hydrogen-bond donors (Lipinski definition) is 1. The van der Waals surface area contributed by atoms with Gasteiger partial charge in [0.05, 0.1) is 11.1 Å². The SMILES string of the molecule is CC1(C)OS(=O)(=O)C=C1N. The lowest BCUT2D eigenvalue weighted by molar-refractivity contribution is 0.170. The maximum atomic E-state index is 10.7. The fraction of sp³-hybridized carbons (Fsp3) is 0.600. The third-order valence-corrected chi connectivity index (χ3v) is 2.48. The highest BCUT2D eigenvalue weighted by Crippen LogP contribution is 2.27. The first-order valence-corrected chi connectivity index (χ1v) is 4.24. The van der Waals surface area contributed by atoms with Gasteiger partial charge in [-0.2, -0.15) is 8.42 Å². The van der Waals surface area contributed by atoms with Crippen molar-refractivity contribution in [3.63, 3.8) is 0 Å². The number of nitrogens with two attached hydrogens (primary N) is 1. The molecule has 0 aromatic heterocycles. The van der Waals surface area contributed by atoms with Gasteiger partial charge in [-0.15, -0.1) is 0 Å². The Morgan fingerprint density at radius 2 is 2.10 bits per heavy atom. The van der Waals surface area contributed by atoms with Crippen molar-refractivity contribution in [2.75, 3.05) is 0 Å². The summed E-state index contributed by atoms with van der Waals surface area (Å²) in [6.07, 6.45) is 0. The second-order valence-corrected chi connectivity index (χ2v) is 4.05. The molecule has 1 aliphatic heterocycles. The Kier molecular flexibility index (Phi) is 1.31. The highest BCUT2D eigenvalue weighted by atomic mass is 32.2. The molecule has 5 heteroatoms. The minimum Gasteiger partial charge on any atom is -0.399 e. The molecule has 0 amide bonds. The summed E-state index contributed by atoms with van der Waals surface area (Å²) in [5.41, 5.74) is 4.73. The molecule has 0 saturated heterocycles. The Morgan fingerprint density at radius 1 is 1.60 bits per heavy atom. The summed E-state index contributed by atoms with van der Waals surface area (Å²) in [7, 11) is -3.49. The van der Waals surface area contributed by atoms with E-state index in [2.05, 4.69) is 4.18 Å². The monoisotopic (exact) mass is 163 g/mol. The van der Waals surface area contributed by atoms with E-state index < -0.39 is 15.7 Å². The summed E-state index contributed by atoms with van der Waals surface area (Å²) < 4.78 is 26.0. The zero-order valence-electron chi connectivity index (χ0n) is 5.79. The Morgan fingerprint density at radius 3 is 2.20 bits per heavy atom. The molecule has 0 unspecified atom stereocenters. The van der Waals surface area contributed by atoms with Crippen LogP contribution in [-0.2, 0) is 14.3 Å². The fourth-order valence-corrected chi connectivity index (χ4v) is 1.98. The second kappa shape index (κ2) is 1.73. The van der Waals surface area contributed by atoms with E-state index in [1.165, 1.54) is 0 Å². The summed E-state index contributed by atoms with van der Waals surface area (Å²) in [4.78, 5) is 0. The Balaban J connectivity index is 3.12. The largest absolute Gasteiger partial charge is 0.399 e. The number of rotatable bonds is 0. The summed E-state index contributed by atoms with van der Waals surface area (Å²) in [5.74, 6) is 0. The van der Waals surface area contributed by atoms with Gasteiger partial charge in [-0.1, -0.05) is 0 Å². The van der Waals surface area contributed by atoms with Gasteiger partial charge >= 0.3 is 0 Å². The van der Waals surface area contributed by atoms with Crippen LogP contribution in [0.15, 0.2) is 11.1 Å². The van der Waals surface area contributed by atoms with E-state index in [0.29, 0.717) is 0 Å². The molecule has 58 valence electrons. The average molecular weight is 163 g/mol. The van der Waals surface area contributed by atoms with E-state index in [9.17, 15) is 8.42 Å². The van der Waals surface area contributed by atoms with Crippen molar-refractivity contribution in [1.82, 2.24) is 0 Å². The van der Waals surface area contributed by atoms with Crippen molar-refractivity contribution < 1.29 is 12.6 Å². The van der Waals surface area contributed by atoms with E-state index >= 15 is 0 Å². The van der Waals surface area contributed by atoms with Gasteiger partial charge in [0.2, 0.25) is 0 Å². The molecule has 4 nitrogen and oxygen atoms in total. The maximum absolute atomic E-state index is 10.7. The quantitative estimate of drug-likeness (QED) is 0.507. The van der Waals surface area contributed by atoms with Crippen LogP contribution in [0, 0.1) is 0 Å². The lowest BCUT2D eigenvalue weighted by Gasteiger charge is -2.15. The standard InChI is InChI=1S/C5H9NO3S/c1-5(2)4(6)3-10(7,8)9-5/h3H,6H2,1-2H3. The van der Waals surface area contributed by atoms with Crippen LogP contribution in [0.5, 0.6) is 0 Å². The molecule has 10 heavy (non-hydrogen) atoms. The topological polar surface area (TPSA) is 69.4 Å². The summed E-state index contributed by atoms with van der Waals surface area (Å²) in [6.45, 7) is 3.20. The average Bonchev–Trinajstić information content (AvgIpc) is 1.73. The van der Waals surface area contributed by atoms with Crippen molar-refractivity contribution in [2.45, 2.75) is 19.4 Å². The lowest BCUT2D eigenvalue weighted by Crippen LogP contribution is -2.27. The first kappa shape index (κ1) is 7.56. The van der Waals surface area contributed by atoms with Crippen LogP contribution in [0.3, 0.4) is 0 Å². The van der Waals surface area contributed by atoms with Crippen molar-refractivity contribution in [3.05, 3.63) is 11.1 Å². The van der Waals surface area contributed by atoms with Crippen molar-refractivity contribution in [3.8, 4) is 0 Å². The molecule has 0 aromatic carbocycles. The zero-order valence-corrected chi connectivity index (χ0v) is 6.60. The molecule has 2 N–H and O–H groups in total. The van der Waals surface area contributed by atoms with Gasteiger partial charge in [0.15, 0.2) is 0 Å². The predicted molar refractivity (Wildman–Crippen MR) is 36.4 cm³/mol. The highest BCUT2D eigenvalue weighted by molar-refractivity contribution is 7.90. The van der Waals surface area contributed by atoms with Crippen LogP contribution >= 0.6 is 0 Å². The van der Waals surface area contributed by atoms with Crippen LogP contribution in [0.25, 0.3) is 0 Å². The van der Waals surface area contributed by atoms with Crippen LogP contribution in [0.2, 0.25) is 0 Å². The van der Waals surface area contributed by atoms with Gasteiger partial charge in [0.1, 0.15) is 5.60 Å².